The van der Waals surface area contributed by atoms with Gasteiger partial charge in [0.05, 0.1) is 12.0 Å². The molecule has 0 radical (unpaired) electrons. The number of amides is 1. The Morgan fingerprint density at radius 3 is 2.46 bits per heavy atom. The predicted octanol–water partition coefficient (Wildman–Crippen LogP) is -0.395. The summed E-state index contributed by atoms with van der Waals surface area (Å²) in [7, 11) is -2.22. The van der Waals surface area contributed by atoms with Crippen molar-refractivity contribution >= 4 is 15.9 Å². The number of rotatable bonds is 9. The normalized spacial score (nSPS) is 12.0. The molecule has 0 heterocycles. The molecule has 0 aliphatic rings. The maximum Gasteiger partial charge on any atom is 0.261 e. The second kappa shape index (κ2) is 9.43. The summed E-state index contributed by atoms with van der Waals surface area (Å²) in [6.07, 6.45) is 4.16. The molecule has 1 aromatic carbocycles. The number of ether oxygens (including phenoxy) is 1. The van der Waals surface area contributed by atoms with Crippen LogP contribution in [0, 0.1) is 0 Å². The highest BCUT2D eigenvalue weighted by atomic mass is 32.2. The molecule has 1 rings (SSSR count). The van der Waals surface area contributed by atoms with Crippen LogP contribution >= 0.6 is 0 Å². The van der Waals surface area contributed by atoms with Crippen molar-refractivity contribution in [3.8, 4) is 5.75 Å². The van der Waals surface area contributed by atoms with Gasteiger partial charge < -0.3 is 21.2 Å². The van der Waals surface area contributed by atoms with E-state index in [0.29, 0.717) is 17.9 Å². The summed E-state index contributed by atoms with van der Waals surface area (Å²) in [6.45, 7) is 0. The molecular formula is C14H21N5O4S. The van der Waals surface area contributed by atoms with Crippen molar-refractivity contribution in [3.63, 3.8) is 0 Å². The molecule has 10 heteroatoms. The van der Waals surface area contributed by atoms with Gasteiger partial charge in [0.25, 0.3) is 10.0 Å². The fraction of sp³-hybridized carbons (Fsp3) is 0.214. The first-order valence-corrected chi connectivity index (χ1v) is 8.39. The van der Waals surface area contributed by atoms with Crippen molar-refractivity contribution in [3.05, 3.63) is 48.6 Å². The quantitative estimate of drug-likeness (QED) is 0.299. The Morgan fingerprint density at radius 1 is 1.21 bits per heavy atom. The highest BCUT2D eigenvalue weighted by Crippen LogP contribution is 2.15. The van der Waals surface area contributed by atoms with Crippen molar-refractivity contribution < 1.29 is 17.9 Å². The van der Waals surface area contributed by atoms with Crippen LogP contribution in [-0.2, 0) is 14.8 Å². The molecule has 1 amide bonds. The Hall–Kier alpha value is -2.72. The number of carbonyl (C=O) groups excluding carboxylic acids is 1. The third kappa shape index (κ3) is 6.58. The maximum atomic E-state index is 12.0. The van der Waals surface area contributed by atoms with E-state index >= 15 is 0 Å². The number of nitrogens with two attached hydrogens (primary N) is 2. The van der Waals surface area contributed by atoms with Gasteiger partial charge in [-0.2, -0.15) is 0 Å². The van der Waals surface area contributed by atoms with Crippen LogP contribution in [0.5, 0.6) is 5.75 Å². The summed E-state index contributed by atoms with van der Waals surface area (Å²) in [5.74, 6) is 5.28. The molecule has 1 aromatic rings. The Kier molecular flexibility index (Phi) is 7.59. The SMILES string of the molecule is COc1ccc(S(=O)(=O)N/C=C\NC(=O)CC/C(N)=C/NN)cc1. The van der Waals surface area contributed by atoms with E-state index in [0.717, 1.165) is 6.20 Å². The average molecular weight is 355 g/mol. The number of hydrogen-bond acceptors (Lipinski definition) is 7. The molecule has 0 aliphatic carbocycles. The van der Waals surface area contributed by atoms with E-state index in [1.165, 1.54) is 43.8 Å². The second-order valence-corrected chi connectivity index (χ2v) is 6.30. The van der Waals surface area contributed by atoms with Crippen molar-refractivity contribution in [1.82, 2.24) is 15.5 Å². The molecule has 0 unspecified atom stereocenters. The summed E-state index contributed by atoms with van der Waals surface area (Å²) >= 11 is 0. The first-order valence-electron chi connectivity index (χ1n) is 6.90. The number of allylic oxidation sites excluding steroid dienone is 1. The lowest BCUT2D eigenvalue weighted by Crippen LogP contribution is -2.22. The molecule has 7 N–H and O–H groups in total. The van der Waals surface area contributed by atoms with Crippen LogP contribution in [0.25, 0.3) is 0 Å². The van der Waals surface area contributed by atoms with Gasteiger partial charge in [0.1, 0.15) is 5.75 Å². The van der Waals surface area contributed by atoms with Crippen LogP contribution in [0.3, 0.4) is 0 Å². The molecule has 0 aromatic heterocycles. The Balaban J connectivity index is 2.47. The monoisotopic (exact) mass is 355 g/mol. The average Bonchev–Trinajstić information content (AvgIpc) is 2.57. The Morgan fingerprint density at radius 2 is 1.88 bits per heavy atom. The second-order valence-electron chi connectivity index (χ2n) is 4.58. The highest BCUT2D eigenvalue weighted by molar-refractivity contribution is 7.89. The zero-order valence-electron chi connectivity index (χ0n) is 13.2. The zero-order valence-corrected chi connectivity index (χ0v) is 14.0. The van der Waals surface area contributed by atoms with E-state index in [1.807, 2.05) is 0 Å². The van der Waals surface area contributed by atoms with Crippen LogP contribution in [0.15, 0.2) is 53.5 Å². The van der Waals surface area contributed by atoms with Gasteiger partial charge in [-0.1, -0.05) is 0 Å². The maximum absolute atomic E-state index is 12.0. The van der Waals surface area contributed by atoms with Crippen molar-refractivity contribution in [1.29, 1.82) is 0 Å². The molecule has 24 heavy (non-hydrogen) atoms. The van der Waals surface area contributed by atoms with Gasteiger partial charge in [-0.25, -0.2) is 8.42 Å². The summed E-state index contributed by atoms with van der Waals surface area (Å²) in [6, 6.07) is 5.89. The van der Waals surface area contributed by atoms with Gasteiger partial charge in [0.2, 0.25) is 5.91 Å². The first-order chi connectivity index (χ1) is 11.4. The smallest absolute Gasteiger partial charge is 0.261 e. The molecule has 0 atom stereocenters. The molecule has 0 bridgehead atoms. The third-order valence-corrected chi connectivity index (χ3v) is 4.17. The van der Waals surface area contributed by atoms with Crippen LogP contribution in [0.1, 0.15) is 12.8 Å². The van der Waals surface area contributed by atoms with E-state index in [1.54, 1.807) is 0 Å². The summed E-state index contributed by atoms with van der Waals surface area (Å²) in [5.41, 5.74) is 8.24. The Bertz CT molecular complexity index is 698. The van der Waals surface area contributed by atoms with Crippen molar-refractivity contribution in [2.45, 2.75) is 17.7 Å². The van der Waals surface area contributed by atoms with Crippen LogP contribution in [0.4, 0.5) is 0 Å². The Labute approximate surface area is 140 Å². The molecule has 9 nitrogen and oxygen atoms in total. The summed E-state index contributed by atoms with van der Waals surface area (Å²) in [4.78, 5) is 11.6. The van der Waals surface area contributed by atoms with E-state index < -0.39 is 10.0 Å². The van der Waals surface area contributed by atoms with Crippen molar-refractivity contribution in [2.75, 3.05) is 7.11 Å². The highest BCUT2D eigenvalue weighted by Gasteiger charge is 2.11. The topological polar surface area (TPSA) is 149 Å². The first kappa shape index (κ1) is 19.3. The summed E-state index contributed by atoms with van der Waals surface area (Å²) in [5, 5.41) is 2.42. The van der Waals surface area contributed by atoms with E-state index in [2.05, 4.69) is 15.5 Å². The number of methoxy groups -OCH3 is 1. The van der Waals surface area contributed by atoms with Crippen molar-refractivity contribution in [2.24, 2.45) is 11.6 Å². The third-order valence-electron chi connectivity index (χ3n) is 2.83. The molecule has 132 valence electrons. The number of nitrogens with one attached hydrogen (secondary N) is 3. The largest absolute Gasteiger partial charge is 0.497 e. The van der Waals surface area contributed by atoms with E-state index in [4.69, 9.17) is 16.3 Å². The fourth-order valence-electron chi connectivity index (χ4n) is 1.59. The van der Waals surface area contributed by atoms with Crippen LogP contribution in [0.2, 0.25) is 0 Å². The minimum atomic E-state index is -3.71. The standard InChI is InChI=1S/C14H21N5O4S/c1-23-12-3-5-13(6-4-12)24(21,22)19-9-8-17-14(20)7-2-11(15)10-18-16/h3-6,8-10,18-19H,2,7,15-16H2,1H3,(H,17,20)/b9-8-,11-10-. The van der Waals surface area contributed by atoms with E-state index in [-0.39, 0.29) is 17.2 Å². The molecular weight excluding hydrogens is 334 g/mol. The van der Waals surface area contributed by atoms with Gasteiger partial charge in [-0.15, -0.1) is 0 Å². The lowest BCUT2D eigenvalue weighted by atomic mass is 10.2. The molecule has 0 aliphatic heterocycles. The van der Waals surface area contributed by atoms with Crippen LogP contribution in [-0.4, -0.2) is 21.4 Å². The fourth-order valence-corrected chi connectivity index (χ4v) is 2.47. The number of hydrogen-bond donors (Lipinski definition) is 5. The van der Waals surface area contributed by atoms with Crippen LogP contribution < -0.4 is 31.8 Å². The molecule has 0 spiro atoms. The molecule has 0 saturated carbocycles. The lowest BCUT2D eigenvalue weighted by molar-refractivity contribution is -0.120. The zero-order chi connectivity index (χ0) is 18.0. The number of carbonyl (C=O) groups is 1. The predicted molar refractivity (Wildman–Crippen MR) is 89.4 cm³/mol. The van der Waals surface area contributed by atoms with Gasteiger partial charge in [0.15, 0.2) is 0 Å². The van der Waals surface area contributed by atoms with Gasteiger partial charge in [-0.3, -0.25) is 15.4 Å². The summed E-state index contributed by atoms with van der Waals surface area (Å²) < 4.78 is 31.2. The van der Waals surface area contributed by atoms with Gasteiger partial charge >= 0.3 is 0 Å². The van der Waals surface area contributed by atoms with E-state index in [9.17, 15) is 13.2 Å². The lowest BCUT2D eigenvalue weighted by Gasteiger charge is -2.05. The minimum Gasteiger partial charge on any atom is -0.497 e. The molecule has 0 fully saturated rings. The molecule has 0 saturated heterocycles. The van der Waals surface area contributed by atoms with Gasteiger partial charge in [0, 0.05) is 30.7 Å². The number of sulfonamides is 1. The van der Waals surface area contributed by atoms with Gasteiger partial charge in [-0.05, 0) is 30.7 Å². The number of hydrazine groups is 1. The minimum absolute atomic E-state index is 0.0754. The number of benzene rings is 1.